The fourth-order valence-corrected chi connectivity index (χ4v) is 2.73. The molecule has 9 heteroatoms. The van der Waals surface area contributed by atoms with Gasteiger partial charge in [-0.25, -0.2) is 4.98 Å². The third-order valence-corrected chi connectivity index (χ3v) is 4.25. The summed E-state index contributed by atoms with van der Waals surface area (Å²) in [7, 11) is 0. The van der Waals surface area contributed by atoms with Crippen molar-refractivity contribution in [2.45, 2.75) is 26.1 Å². The van der Waals surface area contributed by atoms with Gasteiger partial charge < -0.3 is 15.7 Å². The normalized spacial score (nSPS) is 12.5. The molecule has 0 aliphatic carbocycles. The van der Waals surface area contributed by atoms with Gasteiger partial charge in [-0.05, 0) is 43.7 Å². The summed E-state index contributed by atoms with van der Waals surface area (Å²) in [5, 5.41) is 15.2. The van der Waals surface area contributed by atoms with Crippen molar-refractivity contribution in [2.24, 2.45) is 0 Å². The number of pyridine rings is 1. The number of halogens is 3. The maximum Gasteiger partial charge on any atom is 0.416 e. The number of hydrogen-bond donors (Lipinski definition) is 3. The van der Waals surface area contributed by atoms with Crippen LogP contribution in [-0.2, 0) is 6.18 Å². The van der Waals surface area contributed by atoms with Crippen molar-refractivity contribution >= 4 is 17.5 Å². The number of hydrogen-bond acceptors (Lipinski definition) is 6. The molecular formula is C20H20F3N5O. The predicted molar refractivity (Wildman–Crippen MR) is 105 cm³/mol. The van der Waals surface area contributed by atoms with Gasteiger partial charge in [-0.2, -0.15) is 18.2 Å². The van der Waals surface area contributed by atoms with Crippen molar-refractivity contribution in [1.82, 2.24) is 15.0 Å². The van der Waals surface area contributed by atoms with Crippen LogP contribution in [0.5, 0.6) is 0 Å². The molecule has 29 heavy (non-hydrogen) atoms. The Kier molecular flexibility index (Phi) is 5.97. The van der Waals surface area contributed by atoms with E-state index in [1.54, 1.807) is 43.6 Å². The molecule has 0 unspecified atom stereocenters. The van der Waals surface area contributed by atoms with Crippen molar-refractivity contribution in [3.63, 3.8) is 0 Å². The van der Waals surface area contributed by atoms with Gasteiger partial charge in [-0.1, -0.05) is 6.07 Å². The molecular weight excluding hydrogens is 383 g/mol. The number of aromatic nitrogens is 3. The second kappa shape index (κ2) is 8.44. The lowest BCUT2D eigenvalue weighted by Gasteiger charge is -2.17. The van der Waals surface area contributed by atoms with E-state index < -0.39 is 11.7 Å². The Labute approximate surface area is 165 Å². The van der Waals surface area contributed by atoms with Gasteiger partial charge in [-0.15, -0.1) is 0 Å². The monoisotopic (exact) mass is 403 g/mol. The van der Waals surface area contributed by atoms with Gasteiger partial charge in [-0.3, -0.25) is 4.98 Å². The zero-order valence-corrected chi connectivity index (χ0v) is 15.8. The van der Waals surface area contributed by atoms with E-state index in [1.807, 2.05) is 0 Å². The SMILES string of the molecule is Cc1c(Nc2cc(-c3ccncc3)nc(N[C@H](C)CO)n2)cccc1C(F)(F)F. The molecule has 0 radical (unpaired) electrons. The molecule has 0 amide bonds. The lowest BCUT2D eigenvalue weighted by atomic mass is 10.1. The van der Waals surface area contributed by atoms with Crippen LogP contribution in [0.15, 0.2) is 48.8 Å². The topological polar surface area (TPSA) is 83.0 Å². The summed E-state index contributed by atoms with van der Waals surface area (Å²) in [6.45, 7) is 3.04. The van der Waals surface area contributed by atoms with E-state index in [4.69, 9.17) is 0 Å². The summed E-state index contributed by atoms with van der Waals surface area (Å²) in [5.74, 6) is 0.565. The molecule has 3 aromatic rings. The average Bonchev–Trinajstić information content (AvgIpc) is 2.69. The van der Waals surface area contributed by atoms with E-state index >= 15 is 0 Å². The van der Waals surface area contributed by atoms with Crippen LogP contribution in [0.4, 0.5) is 30.6 Å². The minimum atomic E-state index is -4.45. The summed E-state index contributed by atoms with van der Waals surface area (Å²) < 4.78 is 39.6. The minimum absolute atomic E-state index is 0.0716. The molecule has 3 rings (SSSR count). The zero-order valence-electron chi connectivity index (χ0n) is 15.8. The first-order valence-electron chi connectivity index (χ1n) is 8.88. The number of rotatable bonds is 6. The van der Waals surface area contributed by atoms with Gasteiger partial charge in [0.15, 0.2) is 0 Å². The molecule has 1 atom stereocenters. The smallest absolute Gasteiger partial charge is 0.394 e. The molecule has 0 fully saturated rings. The van der Waals surface area contributed by atoms with Gasteiger partial charge in [0.2, 0.25) is 5.95 Å². The first-order chi connectivity index (χ1) is 13.8. The van der Waals surface area contributed by atoms with Crippen LogP contribution in [0.3, 0.4) is 0 Å². The Hall–Kier alpha value is -3.20. The van der Waals surface area contributed by atoms with Crippen molar-refractivity contribution in [1.29, 1.82) is 0 Å². The largest absolute Gasteiger partial charge is 0.416 e. The number of benzene rings is 1. The third kappa shape index (κ3) is 5.00. The molecule has 0 spiro atoms. The van der Waals surface area contributed by atoms with Gasteiger partial charge in [0.1, 0.15) is 5.82 Å². The molecule has 0 bridgehead atoms. The van der Waals surface area contributed by atoms with Crippen molar-refractivity contribution in [2.75, 3.05) is 17.2 Å². The Bertz CT molecular complexity index is 980. The van der Waals surface area contributed by atoms with Gasteiger partial charge in [0, 0.05) is 35.8 Å². The summed E-state index contributed by atoms with van der Waals surface area (Å²) >= 11 is 0. The van der Waals surface area contributed by atoms with Crippen molar-refractivity contribution in [3.05, 3.63) is 59.9 Å². The highest BCUT2D eigenvalue weighted by molar-refractivity contribution is 5.69. The number of nitrogens with zero attached hydrogens (tertiary/aromatic N) is 3. The number of aliphatic hydroxyl groups excluding tert-OH is 1. The Balaban J connectivity index is 2.02. The first kappa shape index (κ1) is 20.5. The van der Waals surface area contributed by atoms with E-state index in [2.05, 4.69) is 25.6 Å². The molecule has 1 aromatic carbocycles. The number of nitrogens with one attached hydrogen (secondary N) is 2. The van der Waals surface area contributed by atoms with Crippen LogP contribution in [0.1, 0.15) is 18.1 Å². The lowest BCUT2D eigenvalue weighted by Crippen LogP contribution is -2.21. The quantitative estimate of drug-likeness (QED) is 0.566. The van der Waals surface area contributed by atoms with Gasteiger partial charge in [0.05, 0.1) is 17.9 Å². The number of alkyl halides is 3. The standard InChI is InChI=1S/C20H20F3N5O/c1-12(11-29)25-19-27-17(14-6-8-24-9-7-14)10-18(28-19)26-16-5-3-4-15(13(16)2)20(21,22)23/h3-10,12,29H,11H2,1-2H3,(H2,25,26,27,28)/t12-/m1/s1. The molecule has 0 aliphatic rings. The van der Waals surface area contributed by atoms with Gasteiger partial charge in [0.25, 0.3) is 0 Å². The minimum Gasteiger partial charge on any atom is -0.394 e. The molecule has 0 saturated carbocycles. The maximum atomic E-state index is 13.2. The molecule has 152 valence electrons. The van der Waals surface area contributed by atoms with Crippen LogP contribution in [0.2, 0.25) is 0 Å². The van der Waals surface area contributed by atoms with Gasteiger partial charge >= 0.3 is 6.18 Å². The summed E-state index contributed by atoms with van der Waals surface area (Å²) in [6, 6.07) is 8.81. The van der Waals surface area contributed by atoms with E-state index in [1.165, 1.54) is 13.0 Å². The Morgan fingerprint density at radius 1 is 1.10 bits per heavy atom. The molecule has 2 heterocycles. The highest BCUT2D eigenvalue weighted by Crippen LogP contribution is 2.35. The third-order valence-electron chi connectivity index (χ3n) is 4.25. The highest BCUT2D eigenvalue weighted by atomic mass is 19.4. The fraction of sp³-hybridized carbons (Fsp3) is 0.250. The lowest BCUT2D eigenvalue weighted by molar-refractivity contribution is -0.138. The van der Waals surface area contributed by atoms with Crippen LogP contribution in [-0.4, -0.2) is 32.7 Å². The average molecular weight is 403 g/mol. The van der Waals surface area contributed by atoms with Crippen LogP contribution in [0.25, 0.3) is 11.3 Å². The second-order valence-corrected chi connectivity index (χ2v) is 6.53. The predicted octanol–water partition coefficient (Wildman–Crippen LogP) is 4.40. The Morgan fingerprint density at radius 2 is 1.83 bits per heavy atom. The van der Waals surface area contributed by atoms with E-state index in [0.717, 1.165) is 11.6 Å². The maximum absolute atomic E-state index is 13.2. The number of anilines is 3. The Morgan fingerprint density at radius 3 is 2.48 bits per heavy atom. The molecule has 0 aliphatic heterocycles. The molecule has 0 saturated heterocycles. The molecule has 2 aromatic heterocycles. The summed E-state index contributed by atoms with van der Waals surface area (Å²) in [4.78, 5) is 12.7. The zero-order chi connectivity index (χ0) is 21.0. The second-order valence-electron chi connectivity index (χ2n) is 6.53. The van der Waals surface area contributed by atoms with Crippen molar-refractivity contribution < 1.29 is 18.3 Å². The van der Waals surface area contributed by atoms with E-state index in [0.29, 0.717) is 17.2 Å². The highest BCUT2D eigenvalue weighted by Gasteiger charge is 2.32. The van der Waals surface area contributed by atoms with Crippen LogP contribution in [0, 0.1) is 6.92 Å². The van der Waals surface area contributed by atoms with Crippen molar-refractivity contribution in [3.8, 4) is 11.3 Å². The van der Waals surface area contributed by atoms with Crippen LogP contribution < -0.4 is 10.6 Å². The first-order valence-corrected chi connectivity index (χ1v) is 8.88. The molecule has 3 N–H and O–H groups in total. The van der Waals surface area contributed by atoms with Crippen LogP contribution >= 0.6 is 0 Å². The van der Waals surface area contributed by atoms with E-state index in [9.17, 15) is 18.3 Å². The van der Waals surface area contributed by atoms with E-state index in [-0.39, 0.29) is 24.2 Å². The fourth-order valence-electron chi connectivity index (χ4n) is 2.73. The number of aliphatic hydroxyl groups is 1. The summed E-state index contributed by atoms with van der Waals surface area (Å²) in [6.07, 6.45) is -1.21. The molecule has 6 nitrogen and oxygen atoms in total. The summed E-state index contributed by atoms with van der Waals surface area (Å²) in [5.41, 5.74) is 0.980.